The molecule has 2 aromatic rings. The van der Waals surface area contributed by atoms with Crippen molar-refractivity contribution in [3.63, 3.8) is 0 Å². The van der Waals surface area contributed by atoms with Crippen LogP contribution in [0.2, 0.25) is 0 Å². The van der Waals surface area contributed by atoms with Gasteiger partial charge < -0.3 is 10.6 Å². The second kappa shape index (κ2) is 7.21. The number of carbonyl (C=O) groups is 1. The molecule has 0 aliphatic carbocycles. The molecule has 1 aliphatic heterocycles. The normalized spacial score (nSPS) is 15.3. The summed E-state index contributed by atoms with van der Waals surface area (Å²) in [5.74, 6) is 0. The van der Waals surface area contributed by atoms with E-state index < -0.39 is 0 Å². The van der Waals surface area contributed by atoms with Crippen LogP contribution in [0.5, 0.6) is 0 Å². The van der Waals surface area contributed by atoms with Gasteiger partial charge in [-0.2, -0.15) is 0 Å². The van der Waals surface area contributed by atoms with Gasteiger partial charge in [0, 0.05) is 44.3 Å². The van der Waals surface area contributed by atoms with Gasteiger partial charge in [0.2, 0.25) is 0 Å². The van der Waals surface area contributed by atoms with Crippen molar-refractivity contribution in [3.8, 4) is 0 Å². The number of fused-ring (bicyclic) bond motifs is 1. The Hall–Kier alpha value is -2.44. The van der Waals surface area contributed by atoms with Crippen molar-refractivity contribution in [3.05, 3.63) is 49.2 Å². The SMILES string of the molecule is C=CCNC(=O)N(c1ccnc2ccccc12)N1CCNCC1. The molecule has 0 radical (unpaired) electrons. The van der Waals surface area contributed by atoms with Crippen molar-refractivity contribution in [1.82, 2.24) is 20.6 Å². The Morgan fingerprint density at radius 3 is 2.91 bits per heavy atom. The third-order valence-electron chi connectivity index (χ3n) is 3.82. The number of carbonyl (C=O) groups excluding carboxylic acids is 1. The van der Waals surface area contributed by atoms with Crippen LogP contribution >= 0.6 is 0 Å². The Labute approximate surface area is 135 Å². The predicted molar refractivity (Wildman–Crippen MR) is 92.3 cm³/mol. The fraction of sp³-hybridized carbons (Fsp3) is 0.294. The van der Waals surface area contributed by atoms with Crippen LogP contribution in [0.1, 0.15) is 0 Å². The van der Waals surface area contributed by atoms with Gasteiger partial charge in [0.25, 0.3) is 0 Å². The summed E-state index contributed by atoms with van der Waals surface area (Å²) in [6.07, 6.45) is 3.42. The van der Waals surface area contributed by atoms with Crippen molar-refractivity contribution < 1.29 is 4.79 Å². The molecule has 23 heavy (non-hydrogen) atoms. The fourth-order valence-corrected chi connectivity index (χ4v) is 2.74. The third-order valence-corrected chi connectivity index (χ3v) is 3.82. The highest BCUT2D eigenvalue weighted by Gasteiger charge is 2.25. The highest BCUT2D eigenvalue weighted by Crippen LogP contribution is 2.26. The van der Waals surface area contributed by atoms with Crippen molar-refractivity contribution in [2.75, 3.05) is 37.7 Å². The number of hydrogen-bond acceptors (Lipinski definition) is 4. The van der Waals surface area contributed by atoms with E-state index >= 15 is 0 Å². The van der Waals surface area contributed by atoms with Crippen LogP contribution in [0.3, 0.4) is 0 Å². The van der Waals surface area contributed by atoms with Gasteiger partial charge in [-0.3, -0.25) is 4.98 Å². The number of nitrogens with one attached hydrogen (secondary N) is 2. The topological polar surface area (TPSA) is 60.5 Å². The van der Waals surface area contributed by atoms with Crippen LogP contribution in [0.15, 0.2) is 49.2 Å². The molecule has 1 aromatic carbocycles. The lowest BCUT2D eigenvalue weighted by Crippen LogP contribution is -2.57. The van der Waals surface area contributed by atoms with Gasteiger partial charge in [-0.25, -0.2) is 14.8 Å². The Kier molecular flexibility index (Phi) is 4.85. The summed E-state index contributed by atoms with van der Waals surface area (Å²) in [5, 5.41) is 10.9. The average molecular weight is 311 g/mol. The van der Waals surface area contributed by atoms with Crippen molar-refractivity contribution in [2.45, 2.75) is 0 Å². The monoisotopic (exact) mass is 311 g/mol. The summed E-state index contributed by atoms with van der Waals surface area (Å²) in [6, 6.07) is 9.60. The van der Waals surface area contributed by atoms with Gasteiger partial charge in [0.15, 0.2) is 0 Å². The zero-order chi connectivity index (χ0) is 16.1. The molecule has 0 atom stereocenters. The number of benzene rings is 1. The molecule has 0 unspecified atom stereocenters. The van der Waals surface area contributed by atoms with E-state index in [1.807, 2.05) is 30.3 Å². The van der Waals surface area contributed by atoms with Crippen molar-refractivity contribution >= 4 is 22.6 Å². The number of hydrazine groups is 1. The average Bonchev–Trinajstić information content (AvgIpc) is 2.61. The molecule has 0 bridgehead atoms. The Bertz CT molecular complexity index is 691. The van der Waals surface area contributed by atoms with Crippen LogP contribution in [0.25, 0.3) is 10.9 Å². The van der Waals surface area contributed by atoms with E-state index in [-0.39, 0.29) is 6.03 Å². The van der Waals surface area contributed by atoms with Crippen LogP contribution < -0.4 is 15.6 Å². The van der Waals surface area contributed by atoms with Gasteiger partial charge in [-0.15, -0.1) is 6.58 Å². The van der Waals surface area contributed by atoms with E-state index in [1.165, 1.54) is 0 Å². The summed E-state index contributed by atoms with van der Waals surface area (Å²) >= 11 is 0. The standard InChI is InChI=1S/C17H21N5O/c1-2-8-20-17(23)22(21-12-10-18-11-13-21)16-7-9-19-15-6-4-3-5-14(15)16/h2-7,9,18H,1,8,10-13H2,(H,20,23). The largest absolute Gasteiger partial charge is 0.336 e. The second-order valence-corrected chi connectivity index (χ2v) is 5.34. The lowest BCUT2D eigenvalue weighted by molar-refractivity contribution is 0.198. The van der Waals surface area contributed by atoms with Crippen LogP contribution in [0, 0.1) is 0 Å². The molecule has 120 valence electrons. The molecule has 1 saturated heterocycles. The minimum atomic E-state index is -0.150. The zero-order valence-electron chi connectivity index (χ0n) is 13.0. The Morgan fingerprint density at radius 2 is 2.13 bits per heavy atom. The quantitative estimate of drug-likeness (QED) is 0.845. The summed E-state index contributed by atoms with van der Waals surface area (Å²) < 4.78 is 0. The van der Waals surface area contributed by atoms with Gasteiger partial charge in [0.05, 0.1) is 11.2 Å². The Balaban J connectivity index is 2.01. The van der Waals surface area contributed by atoms with E-state index in [0.29, 0.717) is 6.54 Å². The first-order valence-corrected chi connectivity index (χ1v) is 7.79. The molecular formula is C17H21N5O. The zero-order valence-corrected chi connectivity index (χ0v) is 13.0. The number of piperazine rings is 1. The first-order valence-electron chi connectivity index (χ1n) is 7.79. The van der Waals surface area contributed by atoms with E-state index in [9.17, 15) is 4.79 Å². The van der Waals surface area contributed by atoms with Gasteiger partial charge >= 0.3 is 6.03 Å². The van der Waals surface area contributed by atoms with E-state index in [0.717, 1.165) is 42.8 Å². The Morgan fingerprint density at radius 1 is 1.35 bits per heavy atom. The molecule has 2 N–H and O–H groups in total. The van der Waals surface area contributed by atoms with Gasteiger partial charge in [0.1, 0.15) is 0 Å². The van der Waals surface area contributed by atoms with Gasteiger partial charge in [-0.1, -0.05) is 24.3 Å². The highest BCUT2D eigenvalue weighted by molar-refractivity contribution is 6.01. The number of urea groups is 1. The van der Waals surface area contributed by atoms with Crippen molar-refractivity contribution in [1.29, 1.82) is 0 Å². The molecule has 1 aliphatic rings. The number of hydrogen-bond donors (Lipinski definition) is 2. The number of anilines is 1. The number of rotatable bonds is 4. The molecule has 6 nitrogen and oxygen atoms in total. The van der Waals surface area contributed by atoms with Crippen LogP contribution in [-0.2, 0) is 0 Å². The minimum absolute atomic E-state index is 0.150. The van der Waals surface area contributed by atoms with E-state index in [2.05, 4.69) is 27.2 Å². The predicted octanol–water partition coefficient (Wildman–Crippen LogP) is 1.76. The molecule has 1 fully saturated rings. The maximum Gasteiger partial charge on any atom is 0.336 e. The molecule has 0 saturated carbocycles. The number of amides is 2. The number of pyridine rings is 1. The molecular weight excluding hydrogens is 290 g/mol. The summed E-state index contributed by atoms with van der Waals surface area (Å²) in [5.41, 5.74) is 1.72. The molecule has 2 heterocycles. The molecule has 2 amide bonds. The molecule has 1 aromatic heterocycles. The summed E-state index contributed by atoms with van der Waals surface area (Å²) in [7, 11) is 0. The second-order valence-electron chi connectivity index (χ2n) is 5.34. The third kappa shape index (κ3) is 3.33. The fourth-order valence-electron chi connectivity index (χ4n) is 2.74. The summed E-state index contributed by atoms with van der Waals surface area (Å²) in [6.45, 7) is 7.36. The van der Waals surface area contributed by atoms with Gasteiger partial charge in [-0.05, 0) is 12.1 Å². The van der Waals surface area contributed by atoms with Crippen molar-refractivity contribution in [2.24, 2.45) is 0 Å². The molecule has 3 rings (SSSR count). The van der Waals surface area contributed by atoms with E-state index in [1.54, 1.807) is 17.3 Å². The minimum Gasteiger partial charge on any atom is -0.333 e. The maximum atomic E-state index is 12.7. The smallest absolute Gasteiger partial charge is 0.333 e. The molecule has 6 heteroatoms. The first-order chi connectivity index (χ1) is 11.3. The summed E-state index contributed by atoms with van der Waals surface area (Å²) in [4.78, 5) is 17.1. The number of para-hydroxylation sites is 1. The lowest BCUT2D eigenvalue weighted by atomic mass is 10.2. The first kappa shape index (κ1) is 15.5. The van der Waals surface area contributed by atoms with Crippen LogP contribution in [0.4, 0.5) is 10.5 Å². The molecule has 0 spiro atoms. The van der Waals surface area contributed by atoms with Crippen LogP contribution in [-0.4, -0.2) is 48.7 Å². The lowest BCUT2D eigenvalue weighted by Gasteiger charge is -2.37. The number of nitrogens with zero attached hydrogens (tertiary/aromatic N) is 3. The number of aromatic nitrogens is 1. The highest BCUT2D eigenvalue weighted by atomic mass is 16.2. The maximum absolute atomic E-state index is 12.7. The van der Waals surface area contributed by atoms with E-state index in [4.69, 9.17) is 0 Å².